The van der Waals surface area contributed by atoms with Crippen molar-refractivity contribution in [2.45, 2.75) is 39.3 Å². The van der Waals surface area contributed by atoms with Gasteiger partial charge in [0.25, 0.3) is 0 Å². The first-order valence-corrected chi connectivity index (χ1v) is 6.60. The standard InChI is InChI=1S/C15H21NO3/c1-11(12-7-5-4-6-8-12)16-13(9-14(18)19-16)15(2,3)10-17/h4-8,11,13,17H,9-10H2,1-3H3/t11-,13-/m0/s1. The van der Waals surface area contributed by atoms with Crippen LogP contribution in [0.3, 0.4) is 0 Å². The Morgan fingerprint density at radius 2 is 2.05 bits per heavy atom. The molecule has 0 spiro atoms. The number of rotatable bonds is 4. The van der Waals surface area contributed by atoms with Crippen molar-refractivity contribution in [3.8, 4) is 0 Å². The van der Waals surface area contributed by atoms with Gasteiger partial charge in [0.15, 0.2) is 0 Å². The van der Waals surface area contributed by atoms with Crippen molar-refractivity contribution >= 4 is 5.97 Å². The number of benzene rings is 1. The number of nitrogens with zero attached hydrogens (tertiary/aromatic N) is 1. The van der Waals surface area contributed by atoms with E-state index >= 15 is 0 Å². The molecule has 0 amide bonds. The summed E-state index contributed by atoms with van der Waals surface area (Å²) in [4.78, 5) is 17.0. The molecule has 1 aromatic carbocycles. The number of hydroxylamine groups is 2. The van der Waals surface area contributed by atoms with Gasteiger partial charge < -0.3 is 9.94 Å². The van der Waals surface area contributed by atoms with E-state index in [1.165, 1.54) is 0 Å². The zero-order valence-electron chi connectivity index (χ0n) is 11.7. The second-order valence-corrected chi connectivity index (χ2v) is 5.78. The van der Waals surface area contributed by atoms with Crippen molar-refractivity contribution in [1.82, 2.24) is 5.06 Å². The minimum absolute atomic E-state index is 0.0202. The molecule has 1 saturated heterocycles. The van der Waals surface area contributed by atoms with Gasteiger partial charge in [-0.1, -0.05) is 44.2 Å². The first-order valence-electron chi connectivity index (χ1n) is 6.60. The van der Waals surface area contributed by atoms with E-state index in [0.717, 1.165) is 5.56 Å². The molecular weight excluding hydrogens is 242 g/mol. The minimum atomic E-state index is -0.380. The molecule has 19 heavy (non-hydrogen) atoms. The molecule has 0 bridgehead atoms. The lowest BCUT2D eigenvalue weighted by molar-refractivity contribution is -0.195. The molecule has 1 fully saturated rings. The summed E-state index contributed by atoms with van der Waals surface area (Å²) in [5.74, 6) is -0.227. The van der Waals surface area contributed by atoms with Gasteiger partial charge in [0.2, 0.25) is 0 Å². The second kappa shape index (κ2) is 5.31. The zero-order chi connectivity index (χ0) is 14.0. The summed E-state index contributed by atoms with van der Waals surface area (Å²) in [6, 6.07) is 9.79. The summed E-state index contributed by atoms with van der Waals surface area (Å²) >= 11 is 0. The average Bonchev–Trinajstić information content (AvgIpc) is 2.82. The average molecular weight is 263 g/mol. The molecule has 104 valence electrons. The number of carbonyl (C=O) groups excluding carboxylic acids is 1. The fourth-order valence-corrected chi connectivity index (χ4v) is 2.42. The minimum Gasteiger partial charge on any atom is -0.396 e. The van der Waals surface area contributed by atoms with Crippen LogP contribution in [-0.4, -0.2) is 28.8 Å². The van der Waals surface area contributed by atoms with Crippen LogP contribution in [0.25, 0.3) is 0 Å². The fourth-order valence-electron chi connectivity index (χ4n) is 2.42. The number of aliphatic hydroxyl groups is 1. The van der Waals surface area contributed by atoms with Crippen LogP contribution in [0, 0.1) is 5.41 Å². The molecule has 1 aromatic rings. The third-order valence-electron chi connectivity index (χ3n) is 3.85. The van der Waals surface area contributed by atoms with E-state index in [-0.39, 0.29) is 30.1 Å². The normalized spacial score (nSPS) is 22.3. The molecule has 0 aliphatic carbocycles. The highest BCUT2D eigenvalue weighted by molar-refractivity contribution is 5.71. The van der Waals surface area contributed by atoms with Gasteiger partial charge in [0.1, 0.15) is 0 Å². The first kappa shape index (κ1) is 14.0. The van der Waals surface area contributed by atoms with Crippen molar-refractivity contribution in [1.29, 1.82) is 0 Å². The quantitative estimate of drug-likeness (QED) is 0.905. The highest BCUT2D eigenvalue weighted by Gasteiger charge is 2.45. The highest BCUT2D eigenvalue weighted by atomic mass is 16.7. The molecule has 1 heterocycles. The van der Waals surface area contributed by atoms with Crippen molar-refractivity contribution in [2.75, 3.05) is 6.61 Å². The fraction of sp³-hybridized carbons (Fsp3) is 0.533. The van der Waals surface area contributed by atoms with Crippen molar-refractivity contribution in [3.05, 3.63) is 35.9 Å². The monoisotopic (exact) mass is 263 g/mol. The van der Waals surface area contributed by atoms with Crippen LogP contribution in [0.5, 0.6) is 0 Å². The lowest BCUT2D eigenvalue weighted by Gasteiger charge is -2.36. The van der Waals surface area contributed by atoms with Crippen molar-refractivity contribution in [3.63, 3.8) is 0 Å². The predicted octanol–water partition coefficient (Wildman–Crippen LogP) is 2.30. The Kier molecular flexibility index (Phi) is 3.92. The van der Waals surface area contributed by atoms with Crippen LogP contribution in [0.2, 0.25) is 0 Å². The largest absolute Gasteiger partial charge is 0.396 e. The van der Waals surface area contributed by atoms with E-state index in [1.54, 1.807) is 5.06 Å². The molecule has 1 N–H and O–H groups in total. The summed E-state index contributed by atoms with van der Waals surface area (Å²) in [7, 11) is 0. The van der Waals surface area contributed by atoms with Gasteiger partial charge in [0.05, 0.1) is 18.5 Å². The molecular formula is C15H21NO3. The van der Waals surface area contributed by atoms with Crippen LogP contribution in [-0.2, 0) is 9.63 Å². The van der Waals surface area contributed by atoms with E-state index in [2.05, 4.69) is 0 Å². The molecule has 0 unspecified atom stereocenters. The predicted molar refractivity (Wildman–Crippen MR) is 72.1 cm³/mol. The number of hydrogen-bond acceptors (Lipinski definition) is 4. The number of carbonyl (C=O) groups is 1. The summed E-state index contributed by atoms with van der Waals surface area (Å²) in [6.07, 6.45) is 0.324. The van der Waals surface area contributed by atoms with Gasteiger partial charge >= 0.3 is 5.97 Å². The maximum atomic E-state index is 11.6. The van der Waals surface area contributed by atoms with Crippen molar-refractivity contribution in [2.24, 2.45) is 5.41 Å². The van der Waals surface area contributed by atoms with Crippen LogP contribution in [0.1, 0.15) is 38.8 Å². The van der Waals surface area contributed by atoms with Crippen LogP contribution in [0.15, 0.2) is 30.3 Å². The van der Waals surface area contributed by atoms with Gasteiger partial charge in [-0.2, -0.15) is 0 Å². The van der Waals surface area contributed by atoms with Crippen LogP contribution < -0.4 is 0 Å². The summed E-state index contributed by atoms with van der Waals surface area (Å²) in [5.41, 5.74) is 0.714. The van der Waals surface area contributed by atoms with E-state index in [9.17, 15) is 9.90 Å². The Hall–Kier alpha value is -1.39. The summed E-state index contributed by atoms with van der Waals surface area (Å²) < 4.78 is 0. The molecule has 2 atom stereocenters. The molecule has 4 nitrogen and oxygen atoms in total. The highest BCUT2D eigenvalue weighted by Crippen LogP contribution is 2.37. The molecule has 0 radical (unpaired) electrons. The molecule has 2 rings (SSSR count). The third kappa shape index (κ3) is 2.80. The summed E-state index contributed by atoms with van der Waals surface area (Å²) in [5, 5.41) is 11.2. The zero-order valence-corrected chi connectivity index (χ0v) is 11.7. The topological polar surface area (TPSA) is 49.8 Å². The van der Waals surface area contributed by atoms with Crippen molar-refractivity contribution < 1.29 is 14.7 Å². The molecule has 0 aromatic heterocycles. The summed E-state index contributed by atoms with van der Waals surface area (Å²) in [6.45, 7) is 5.93. The van der Waals surface area contributed by atoms with E-state index in [1.807, 2.05) is 51.1 Å². The van der Waals surface area contributed by atoms with Gasteiger partial charge in [-0.15, -0.1) is 5.06 Å². The van der Waals surface area contributed by atoms with E-state index in [0.29, 0.717) is 6.42 Å². The SMILES string of the molecule is C[C@@H](c1ccccc1)N1OC(=O)C[C@H]1C(C)(C)CO. The van der Waals surface area contributed by atoms with Crippen LogP contribution in [0.4, 0.5) is 0 Å². The Morgan fingerprint density at radius 3 is 2.63 bits per heavy atom. The smallest absolute Gasteiger partial charge is 0.326 e. The van der Waals surface area contributed by atoms with Gasteiger partial charge in [-0.3, -0.25) is 4.79 Å². The molecule has 1 aliphatic rings. The Bertz CT molecular complexity index is 444. The number of aliphatic hydroxyl groups excluding tert-OH is 1. The maximum absolute atomic E-state index is 11.6. The Balaban J connectivity index is 2.24. The maximum Gasteiger partial charge on any atom is 0.326 e. The molecule has 4 heteroatoms. The third-order valence-corrected chi connectivity index (χ3v) is 3.85. The van der Waals surface area contributed by atoms with Crippen LogP contribution >= 0.6 is 0 Å². The Labute approximate surface area is 113 Å². The molecule has 1 aliphatic heterocycles. The van der Waals surface area contributed by atoms with E-state index in [4.69, 9.17) is 4.84 Å². The number of hydrogen-bond donors (Lipinski definition) is 1. The van der Waals surface area contributed by atoms with Gasteiger partial charge in [-0.25, -0.2) is 0 Å². The van der Waals surface area contributed by atoms with Gasteiger partial charge in [-0.05, 0) is 12.5 Å². The lowest BCUT2D eigenvalue weighted by atomic mass is 9.83. The first-order chi connectivity index (χ1) is 8.95. The molecule has 0 saturated carbocycles. The second-order valence-electron chi connectivity index (χ2n) is 5.78. The van der Waals surface area contributed by atoms with Gasteiger partial charge in [0, 0.05) is 12.0 Å². The Morgan fingerprint density at radius 1 is 1.42 bits per heavy atom. The van der Waals surface area contributed by atoms with E-state index < -0.39 is 0 Å². The lowest BCUT2D eigenvalue weighted by Crippen LogP contribution is -2.43.